The lowest BCUT2D eigenvalue weighted by Gasteiger charge is -2.10. The standard InChI is InChI=1S/C14H19NO/c16-12-14(8-9-14)11-15-10-4-7-13-5-2-1-3-6-13/h1-7,15-16H,8-12H2/b7-4+. The van der Waals surface area contributed by atoms with Crippen LogP contribution in [-0.4, -0.2) is 24.8 Å². The van der Waals surface area contributed by atoms with Crippen LogP contribution >= 0.6 is 0 Å². The number of hydrogen-bond donors (Lipinski definition) is 2. The van der Waals surface area contributed by atoms with E-state index < -0.39 is 0 Å². The second-order valence-electron chi connectivity index (χ2n) is 4.60. The molecule has 2 nitrogen and oxygen atoms in total. The molecule has 86 valence electrons. The van der Waals surface area contributed by atoms with E-state index >= 15 is 0 Å². The molecule has 0 heterocycles. The predicted molar refractivity (Wildman–Crippen MR) is 67.1 cm³/mol. The van der Waals surface area contributed by atoms with E-state index in [0.717, 1.165) is 13.1 Å². The van der Waals surface area contributed by atoms with Crippen LogP contribution in [0.5, 0.6) is 0 Å². The second kappa shape index (κ2) is 5.28. The van der Waals surface area contributed by atoms with Crippen LogP contribution in [0.4, 0.5) is 0 Å². The Morgan fingerprint density at radius 2 is 2.00 bits per heavy atom. The lowest BCUT2D eigenvalue weighted by atomic mass is 10.1. The van der Waals surface area contributed by atoms with Gasteiger partial charge in [0.05, 0.1) is 0 Å². The highest BCUT2D eigenvalue weighted by Crippen LogP contribution is 2.44. The van der Waals surface area contributed by atoms with Crippen LogP contribution in [-0.2, 0) is 0 Å². The Bertz CT molecular complexity index is 341. The molecule has 0 aliphatic heterocycles. The number of benzene rings is 1. The minimum Gasteiger partial charge on any atom is -0.396 e. The molecule has 2 N–H and O–H groups in total. The maximum absolute atomic E-state index is 9.13. The molecule has 2 heteroatoms. The van der Waals surface area contributed by atoms with E-state index in [4.69, 9.17) is 5.11 Å². The summed E-state index contributed by atoms with van der Waals surface area (Å²) in [6.07, 6.45) is 6.58. The molecule has 1 aromatic rings. The average Bonchev–Trinajstić information content (AvgIpc) is 3.11. The smallest absolute Gasteiger partial charge is 0.0499 e. The van der Waals surface area contributed by atoms with E-state index in [2.05, 4.69) is 29.6 Å². The first-order valence-electron chi connectivity index (χ1n) is 5.88. The van der Waals surface area contributed by atoms with Crippen LogP contribution in [0.1, 0.15) is 18.4 Å². The summed E-state index contributed by atoms with van der Waals surface area (Å²) in [5.74, 6) is 0. The van der Waals surface area contributed by atoms with Gasteiger partial charge in [0, 0.05) is 25.1 Å². The van der Waals surface area contributed by atoms with Crippen LogP contribution in [0.2, 0.25) is 0 Å². The Morgan fingerprint density at radius 1 is 1.25 bits per heavy atom. The Labute approximate surface area is 97.0 Å². The van der Waals surface area contributed by atoms with Crippen LogP contribution in [0.25, 0.3) is 6.08 Å². The largest absolute Gasteiger partial charge is 0.396 e. The number of aliphatic hydroxyl groups excluding tert-OH is 1. The molecule has 0 radical (unpaired) electrons. The highest BCUT2D eigenvalue weighted by atomic mass is 16.3. The molecule has 1 saturated carbocycles. The van der Waals surface area contributed by atoms with Gasteiger partial charge in [-0.2, -0.15) is 0 Å². The van der Waals surface area contributed by atoms with Crippen molar-refractivity contribution in [1.29, 1.82) is 0 Å². The van der Waals surface area contributed by atoms with E-state index in [1.54, 1.807) is 0 Å². The lowest BCUT2D eigenvalue weighted by Crippen LogP contribution is -2.26. The third-order valence-corrected chi connectivity index (χ3v) is 3.16. The summed E-state index contributed by atoms with van der Waals surface area (Å²) in [7, 11) is 0. The maximum atomic E-state index is 9.13. The van der Waals surface area contributed by atoms with Crippen molar-refractivity contribution in [3.05, 3.63) is 42.0 Å². The Balaban J connectivity index is 1.67. The topological polar surface area (TPSA) is 32.3 Å². The van der Waals surface area contributed by atoms with Crippen molar-refractivity contribution >= 4 is 6.08 Å². The van der Waals surface area contributed by atoms with Gasteiger partial charge in [-0.3, -0.25) is 0 Å². The first-order chi connectivity index (χ1) is 7.85. The number of hydrogen-bond acceptors (Lipinski definition) is 2. The number of nitrogens with one attached hydrogen (secondary N) is 1. The van der Waals surface area contributed by atoms with E-state index in [1.165, 1.54) is 18.4 Å². The molecule has 0 atom stereocenters. The summed E-state index contributed by atoms with van der Waals surface area (Å²) >= 11 is 0. The van der Waals surface area contributed by atoms with Crippen LogP contribution in [0.15, 0.2) is 36.4 Å². The summed E-state index contributed by atoms with van der Waals surface area (Å²) in [6.45, 7) is 2.13. The molecular formula is C14H19NO. The normalized spacial score (nSPS) is 17.8. The monoisotopic (exact) mass is 217 g/mol. The molecule has 16 heavy (non-hydrogen) atoms. The summed E-state index contributed by atoms with van der Waals surface area (Å²) in [5, 5.41) is 12.5. The molecule has 0 bridgehead atoms. The zero-order chi connectivity index (χ0) is 11.3. The van der Waals surface area contributed by atoms with Gasteiger partial charge in [0.1, 0.15) is 0 Å². The molecule has 1 fully saturated rings. The zero-order valence-electron chi connectivity index (χ0n) is 9.52. The van der Waals surface area contributed by atoms with E-state index in [-0.39, 0.29) is 5.41 Å². The van der Waals surface area contributed by atoms with Crippen LogP contribution in [0, 0.1) is 5.41 Å². The Kier molecular flexibility index (Phi) is 3.75. The first kappa shape index (κ1) is 11.4. The highest BCUT2D eigenvalue weighted by Gasteiger charge is 2.41. The molecule has 0 spiro atoms. The van der Waals surface area contributed by atoms with Gasteiger partial charge in [0.25, 0.3) is 0 Å². The van der Waals surface area contributed by atoms with Crippen molar-refractivity contribution in [3.8, 4) is 0 Å². The van der Waals surface area contributed by atoms with E-state index in [0.29, 0.717) is 6.61 Å². The molecule has 0 aromatic heterocycles. The third-order valence-electron chi connectivity index (χ3n) is 3.16. The molecule has 0 unspecified atom stereocenters. The number of rotatable bonds is 6. The fourth-order valence-corrected chi connectivity index (χ4v) is 1.75. The summed E-state index contributed by atoms with van der Waals surface area (Å²) in [5.41, 5.74) is 1.44. The molecule has 1 aliphatic rings. The van der Waals surface area contributed by atoms with Crippen molar-refractivity contribution in [2.24, 2.45) is 5.41 Å². The SMILES string of the molecule is OCC1(CNC/C=C/c2ccccc2)CC1. The van der Waals surface area contributed by atoms with Crippen molar-refractivity contribution in [2.45, 2.75) is 12.8 Å². The van der Waals surface area contributed by atoms with Crippen molar-refractivity contribution in [3.63, 3.8) is 0 Å². The highest BCUT2D eigenvalue weighted by molar-refractivity contribution is 5.48. The maximum Gasteiger partial charge on any atom is 0.0499 e. The number of aliphatic hydroxyl groups is 1. The second-order valence-corrected chi connectivity index (χ2v) is 4.60. The zero-order valence-corrected chi connectivity index (χ0v) is 9.52. The fourth-order valence-electron chi connectivity index (χ4n) is 1.75. The van der Waals surface area contributed by atoms with E-state index in [9.17, 15) is 0 Å². The van der Waals surface area contributed by atoms with Gasteiger partial charge in [-0.05, 0) is 18.4 Å². The molecular weight excluding hydrogens is 198 g/mol. The van der Waals surface area contributed by atoms with Gasteiger partial charge < -0.3 is 10.4 Å². The Morgan fingerprint density at radius 3 is 2.62 bits per heavy atom. The van der Waals surface area contributed by atoms with Crippen molar-refractivity contribution < 1.29 is 5.11 Å². The fraction of sp³-hybridized carbons (Fsp3) is 0.429. The minimum atomic E-state index is 0.209. The third kappa shape index (κ3) is 3.19. The van der Waals surface area contributed by atoms with Crippen molar-refractivity contribution in [1.82, 2.24) is 5.32 Å². The molecule has 1 aromatic carbocycles. The van der Waals surface area contributed by atoms with Gasteiger partial charge in [0.2, 0.25) is 0 Å². The molecule has 0 saturated heterocycles. The van der Waals surface area contributed by atoms with Gasteiger partial charge in [-0.1, -0.05) is 42.5 Å². The van der Waals surface area contributed by atoms with Crippen molar-refractivity contribution in [2.75, 3.05) is 19.7 Å². The lowest BCUT2D eigenvalue weighted by molar-refractivity contribution is 0.209. The van der Waals surface area contributed by atoms with Gasteiger partial charge in [-0.15, -0.1) is 0 Å². The minimum absolute atomic E-state index is 0.209. The van der Waals surface area contributed by atoms with Crippen LogP contribution in [0.3, 0.4) is 0 Å². The summed E-state index contributed by atoms with van der Waals surface area (Å²) in [6, 6.07) is 10.3. The Hall–Kier alpha value is -1.12. The summed E-state index contributed by atoms with van der Waals surface area (Å²) in [4.78, 5) is 0. The molecule has 0 amide bonds. The van der Waals surface area contributed by atoms with Gasteiger partial charge in [0.15, 0.2) is 0 Å². The quantitative estimate of drug-likeness (QED) is 0.715. The molecule has 2 rings (SSSR count). The average molecular weight is 217 g/mol. The molecule has 1 aliphatic carbocycles. The van der Waals surface area contributed by atoms with Gasteiger partial charge in [-0.25, -0.2) is 0 Å². The van der Waals surface area contributed by atoms with Crippen LogP contribution < -0.4 is 5.32 Å². The summed E-state index contributed by atoms with van der Waals surface area (Å²) < 4.78 is 0. The predicted octanol–water partition coefficient (Wildman–Crippen LogP) is 2.06. The van der Waals surface area contributed by atoms with Gasteiger partial charge >= 0.3 is 0 Å². The first-order valence-corrected chi connectivity index (χ1v) is 5.88. The van der Waals surface area contributed by atoms with E-state index in [1.807, 2.05) is 18.2 Å².